The Hall–Kier alpha value is -6.75. The normalized spacial score (nSPS) is 11.6. The molecule has 10 rings (SSSR count). The smallest absolute Gasteiger partial charge is 0.195 e. The van der Waals surface area contributed by atoms with Gasteiger partial charge in [-0.1, -0.05) is 164 Å². The van der Waals surface area contributed by atoms with Gasteiger partial charge in [-0.15, -0.1) is 0 Å². The van der Waals surface area contributed by atoms with Crippen LogP contribution in [0.5, 0.6) is 0 Å². The van der Waals surface area contributed by atoms with Gasteiger partial charge in [-0.2, -0.15) is 0 Å². The molecule has 0 radical (unpaired) electrons. The molecule has 0 atom stereocenters. The predicted octanol–water partition coefficient (Wildman–Crippen LogP) is 14.0. The average Bonchev–Trinajstić information content (AvgIpc) is 3.52. The Morgan fingerprint density at radius 3 is 1.52 bits per heavy atom. The van der Waals surface area contributed by atoms with Gasteiger partial charge >= 0.3 is 0 Å². The van der Waals surface area contributed by atoms with Crippen LogP contribution in [0.3, 0.4) is 0 Å². The topological polar surface area (TPSA) is 4.36 Å². The molecule has 0 spiro atoms. The van der Waals surface area contributed by atoms with Crippen molar-refractivity contribution in [2.75, 3.05) is 0 Å². The highest BCUT2D eigenvalue weighted by Crippen LogP contribution is 2.58. The van der Waals surface area contributed by atoms with E-state index in [1.807, 2.05) is 0 Å². The molecule has 1 heteroatoms. The van der Waals surface area contributed by atoms with Crippen molar-refractivity contribution in [2.24, 2.45) is 0 Å². The predicted molar refractivity (Wildman–Crippen MR) is 211 cm³/mol. The van der Waals surface area contributed by atoms with Crippen LogP contribution in [0, 0.1) is 6.57 Å². The Morgan fingerprint density at radius 2 is 0.840 bits per heavy atom. The zero-order valence-corrected chi connectivity index (χ0v) is 27.2. The lowest BCUT2D eigenvalue weighted by atomic mass is 9.82. The third-order valence-electron chi connectivity index (χ3n) is 10.4. The minimum atomic E-state index is 0.660. The quantitative estimate of drug-likeness (QED) is 0.170. The van der Waals surface area contributed by atoms with Crippen molar-refractivity contribution in [3.8, 4) is 66.8 Å². The minimum Gasteiger partial charge on any atom is -0.237 e. The van der Waals surface area contributed by atoms with E-state index in [0.29, 0.717) is 5.69 Å². The molecule has 0 fully saturated rings. The molecule has 0 N–H and O–H groups in total. The van der Waals surface area contributed by atoms with Crippen LogP contribution >= 0.6 is 0 Å². The number of rotatable bonds is 4. The van der Waals surface area contributed by atoms with Gasteiger partial charge in [0.1, 0.15) is 0 Å². The van der Waals surface area contributed by atoms with E-state index in [1.165, 1.54) is 76.8 Å². The van der Waals surface area contributed by atoms with Crippen molar-refractivity contribution < 1.29 is 0 Å². The first-order valence-corrected chi connectivity index (χ1v) is 17.1. The maximum Gasteiger partial charge on any atom is 0.195 e. The molecule has 9 aromatic rings. The van der Waals surface area contributed by atoms with Gasteiger partial charge in [0.25, 0.3) is 0 Å². The van der Waals surface area contributed by atoms with Crippen LogP contribution in [-0.4, -0.2) is 0 Å². The molecule has 0 heterocycles. The van der Waals surface area contributed by atoms with Crippen LogP contribution < -0.4 is 0 Å². The summed E-state index contributed by atoms with van der Waals surface area (Å²) < 4.78 is 0. The molecule has 0 aliphatic heterocycles. The maximum atomic E-state index is 8.29. The highest BCUT2D eigenvalue weighted by Gasteiger charge is 2.31. The third-order valence-corrected chi connectivity index (χ3v) is 10.4. The Balaban J connectivity index is 1.24. The molecular weight excluding hydrogens is 603 g/mol. The maximum absolute atomic E-state index is 8.29. The fourth-order valence-corrected chi connectivity index (χ4v) is 8.25. The third kappa shape index (κ3) is 4.19. The van der Waals surface area contributed by atoms with Gasteiger partial charge in [0.05, 0.1) is 6.57 Å². The van der Waals surface area contributed by atoms with Crippen LogP contribution in [0.15, 0.2) is 176 Å². The molecule has 0 saturated carbocycles. The molecule has 0 aromatic heterocycles. The van der Waals surface area contributed by atoms with Crippen molar-refractivity contribution >= 4 is 38.0 Å². The van der Waals surface area contributed by atoms with E-state index >= 15 is 0 Å². The summed E-state index contributed by atoms with van der Waals surface area (Å²) in [5, 5.41) is 7.33. The lowest BCUT2D eigenvalue weighted by molar-refractivity contribution is 1.62. The van der Waals surface area contributed by atoms with Crippen LogP contribution in [0.2, 0.25) is 0 Å². The summed E-state index contributed by atoms with van der Waals surface area (Å²) in [5.74, 6) is 0. The molecular formula is C49H29N. The summed E-state index contributed by atoms with van der Waals surface area (Å²) in [6, 6.07) is 63.1. The monoisotopic (exact) mass is 631 g/mol. The van der Waals surface area contributed by atoms with Crippen molar-refractivity contribution in [3.05, 3.63) is 187 Å². The standard InChI is InChI=1S/C49H29N/c1-50-44-30-36(35-24-23-31-13-8-9-18-34(31)29-35)25-26-38(44)37-27-28-43-47-39(37)21-12-22-42(47)48-45(32-14-4-2-5-15-32)40-19-10-11-20-41(40)46(49(43)48)33-16-6-3-7-17-33/h2-30H. The van der Waals surface area contributed by atoms with E-state index in [-0.39, 0.29) is 0 Å². The second kappa shape index (κ2) is 11.2. The van der Waals surface area contributed by atoms with Gasteiger partial charge in [0, 0.05) is 0 Å². The van der Waals surface area contributed by atoms with Crippen molar-refractivity contribution in [2.45, 2.75) is 0 Å². The first-order valence-electron chi connectivity index (χ1n) is 17.1. The fourth-order valence-electron chi connectivity index (χ4n) is 8.25. The van der Waals surface area contributed by atoms with Crippen LogP contribution in [0.25, 0.3) is 104 Å². The Morgan fingerprint density at radius 1 is 0.320 bits per heavy atom. The Bertz CT molecular complexity index is 2760. The van der Waals surface area contributed by atoms with Crippen molar-refractivity contribution in [1.29, 1.82) is 0 Å². The summed E-state index contributed by atoms with van der Waals surface area (Å²) >= 11 is 0. The van der Waals surface area contributed by atoms with Gasteiger partial charge in [-0.3, -0.25) is 0 Å². The Labute approximate surface area is 291 Å². The number of fused-ring (bicyclic) bond motifs is 5. The van der Waals surface area contributed by atoms with Crippen molar-refractivity contribution in [3.63, 3.8) is 0 Å². The molecule has 1 nitrogen and oxygen atoms in total. The molecule has 1 aliphatic rings. The van der Waals surface area contributed by atoms with Crippen molar-refractivity contribution in [1.82, 2.24) is 0 Å². The van der Waals surface area contributed by atoms with Crippen LogP contribution in [-0.2, 0) is 0 Å². The zero-order valence-electron chi connectivity index (χ0n) is 27.2. The lowest BCUT2D eigenvalue weighted by Gasteiger charge is -2.20. The number of benzene rings is 9. The minimum absolute atomic E-state index is 0.660. The molecule has 0 saturated heterocycles. The van der Waals surface area contributed by atoms with E-state index < -0.39 is 0 Å². The first-order chi connectivity index (χ1) is 24.8. The van der Waals surface area contributed by atoms with E-state index in [4.69, 9.17) is 6.57 Å². The second-order valence-corrected chi connectivity index (χ2v) is 13.1. The number of hydrogen-bond acceptors (Lipinski definition) is 0. The van der Waals surface area contributed by atoms with Gasteiger partial charge in [0.15, 0.2) is 5.69 Å². The van der Waals surface area contributed by atoms with Crippen LogP contribution in [0.4, 0.5) is 5.69 Å². The molecule has 0 amide bonds. The molecule has 0 bridgehead atoms. The zero-order chi connectivity index (χ0) is 33.2. The van der Waals surface area contributed by atoms with Gasteiger partial charge in [-0.05, 0) is 111 Å². The largest absolute Gasteiger partial charge is 0.237 e. The van der Waals surface area contributed by atoms with Crippen LogP contribution in [0.1, 0.15) is 0 Å². The molecule has 9 aromatic carbocycles. The lowest BCUT2D eigenvalue weighted by Crippen LogP contribution is -1.93. The number of hydrogen-bond donors (Lipinski definition) is 0. The molecule has 1 aliphatic carbocycles. The highest BCUT2D eigenvalue weighted by molar-refractivity contribution is 6.29. The molecule has 230 valence electrons. The molecule has 0 unspecified atom stereocenters. The van der Waals surface area contributed by atoms with E-state index in [0.717, 1.165) is 22.3 Å². The SMILES string of the molecule is [C-]#[N+]c1cc(-c2ccc3ccccc3c2)ccc1-c1ccc2c3c(cccc13)-c1c-2c(-c2ccccc2)c2ccccc2c1-c1ccccc1. The van der Waals surface area contributed by atoms with Gasteiger partial charge < -0.3 is 0 Å². The van der Waals surface area contributed by atoms with Gasteiger partial charge in [0.2, 0.25) is 0 Å². The van der Waals surface area contributed by atoms with E-state index in [9.17, 15) is 0 Å². The highest BCUT2D eigenvalue weighted by atomic mass is 14.6. The average molecular weight is 632 g/mol. The second-order valence-electron chi connectivity index (χ2n) is 13.1. The fraction of sp³-hybridized carbons (Fsp3) is 0. The summed E-state index contributed by atoms with van der Waals surface area (Å²) in [6.45, 7) is 8.29. The Kier molecular flexibility index (Phi) is 6.31. The first kappa shape index (κ1) is 28.3. The summed E-state index contributed by atoms with van der Waals surface area (Å²) in [4.78, 5) is 4.10. The number of nitrogens with zero attached hydrogens (tertiary/aromatic N) is 1. The summed E-state index contributed by atoms with van der Waals surface area (Å²) in [7, 11) is 0. The summed E-state index contributed by atoms with van der Waals surface area (Å²) in [6.07, 6.45) is 0. The van der Waals surface area contributed by atoms with Gasteiger partial charge in [-0.25, -0.2) is 4.85 Å². The van der Waals surface area contributed by atoms with E-state index in [1.54, 1.807) is 0 Å². The van der Waals surface area contributed by atoms with E-state index in [2.05, 4.69) is 181 Å². The summed E-state index contributed by atoms with van der Waals surface area (Å²) in [5.41, 5.74) is 14.9. The molecule has 50 heavy (non-hydrogen) atoms.